The molecule has 112 valence electrons. The summed E-state index contributed by atoms with van der Waals surface area (Å²) in [5, 5.41) is 3.47. The van der Waals surface area contributed by atoms with Gasteiger partial charge in [0.15, 0.2) is 0 Å². The zero-order valence-electron chi connectivity index (χ0n) is 12.3. The van der Waals surface area contributed by atoms with Gasteiger partial charge in [-0.25, -0.2) is 8.42 Å². The SMILES string of the molecule is CC(C)N(CC1CCCNC1)C1CCS(=O)(=O)CC1. The Morgan fingerprint density at radius 1 is 1.21 bits per heavy atom. The maximum atomic E-state index is 11.6. The van der Waals surface area contributed by atoms with Crippen molar-refractivity contribution in [3.8, 4) is 0 Å². The van der Waals surface area contributed by atoms with Crippen LogP contribution in [0, 0.1) is 5.92 Å². The summed E-state index contributed by atoms with van der Waals surface area (Å²) in [6.45, 7) is 7.86. The number of sulfone groups is 1. The van der Waals surface area contributed by atoms with Gasteiger partial charge in [-0.15, -0.1) is 0 Å². The third-order valence-electron chi connectivity index (χ3n) is 4.52. The molecule has 0 amide bonds. The standard InChI is InChI=1S/C14H28N2O2S/c1-12(2)16(11-13-4-3-7-15-10-13)14-5-8-19(17,18)9-6-14/h12-15H,3-11H2,1-2H3. The molecule has 2 heterocycles. The van der Waals surface area contributed by atoms with Crippen LogP contribution in [-0.2, 0) is 9.84 Å². The average molecular weight is 288 g/mol. The molecule has 0 spiro atoms. The second-order valence-corrected chi connectivity index (χ2v) is 8.69. The molecule has 2 aliphatic heterocycles. The fourth-order valence-corrected chi connectivity index (χ4v) is 4.84. The third kappa shape index (κ3) is 4.43. The molecule has 1 unspecified atom stereocenters. The first kappa shape index (κ1) is 15.3. The molecule has 4 nitrogen and oxygen atoms in total. The molecule has 0 saturated carbocycles. The molecule has 5 heteroatoms. The van der Waals surface area contributed by atoms with Crippen molar-refractivity contribution in [2.45, 2.75) is 51.6 Å². The lowest BCUT2D eigenvalue weighted by atomic mass is 9.96. The van der Waals surface area contributed by atoms with Crippen LogP contribution in [0.1, 0.15) is 39.5 Å². The minimum Gasteiger partial charge on any atom is -0.316 e. The first-order chi connectivity index (χ1) is 8.98. The molecule has 2 aliphatic rings. The van der Waals surface area contributed by atoms with Crippen LogP contribution in [0.25, 0.3) is 0 Å². The Morgan fingerprint density at radius 3 is 2.42 bits per heavy atom. The monoisotopic (exact) mass is 288 g/mol. The lowest BCUT2D eigenvalue weighted by Gasteiger charge is -2.40. The van der Waals surface area contributed by atoms with Gasteiger partial charge in [0.2, 0.25) is 0 Å². The van der Waals surface area contributed by atoms with Gasteiger partial charge in [-0.1, -0.05) is 0 Å². The van der Waals surface area contributed by atoms with E-state index in [0.29, 0.717) is 23.6 Å². The van der Waals surface area contributed by atoms with E-state index >= 15 is 0 Å². The van der Waals surface area contributed by atoms with Crippen molar-refractivity contribution in [2.24, 2.45) is 5.92 Å². The summed E-state index contributed by atoms with van der Waals surface area (Å²) < 4.78 is 23.1. The molecule has 0 aromatic heterocycles. The van der Waals surface area contributed by atoms with E-state index in [1.165, 1.54) is 12.8 Å². The highest BCUT2D eigenvalue weighted by molar-refractivity contribution is 7.91. The van der Waals surface area contributed by atoms with Crippen LogP contribution in [0.15, 0.2) is 0 Å². The van der Waals surface area contributed by atoms with E-state index in [0.717, 1.165) is 38.4 Å². The largest absolute Gasteiger partial charge is 0.316 e. The Morgan fingerprint density at radius 2 is 1.89 bits per heavy atom. The topological polar surface area (TPSA) is 49.4 Å². The first-order valence-corrected chi connectivity index (χ1v) is 9.47. The zero-order valence-corrected chi connectivity index (χ0v) is 13.1. The molecule has 2 rings (SSSR count). The predicted molar refractivity (Wildman–Crippen MR) is 79.1 cm³/mol. The van der Waals surface area contributed by atoms with Crippen molar-refractivity contribution >= 4 is 9.84 Å². The maximum Gasteiger partial charge on any atom is 0.150 e. The summed E-state index contributed by atoms with van der Waals surface area (Å²) in [4.78, 5) is 2.55. The summed E-state index contributed by atoms with van der Waals surface area (Å²) in [5.41, 5.74) is 0. The Labute approximate surface area is 117 Å². The Bertz CT molecular complexity index is 361. The molecule has 1 atom stereocenters. The van der Waals surface area contributed by atoms with Crippen LogP contribution in [0.5, 0.6) is 0 Å². The van der Waals surface area contributed by atoms with E-state index in [4.69, 9.17) is 0 Å². The fraction of sp³-hybridized carbons (Fsp3) is 1.00. The smallest absolute Gasteiger partial charge is 0.150 e. The molecule has 0 bridgehead atoms. The van der Waals surface area contributed by atoms with Gasteiger partial charge < -0.3 is 5.32 Å². The molecule has 0 aliphatic carbocycles. The maximum absolute atomic E-state index is 11.6. The quantitative estimate of drug-likeness (QED) is 0.846. The number of nitrogens with one attached hydrogen (secondary N) is 1. The molecule has 1 N–H and O–H groups in total. The summed E-state index contributed by atoms with van der Waals surface area (Å²) in [5.74, 6) is 1.49. The number of hydrogen-bond donors (Lipinski definition) is 1. The van der Waals surface area contributed by atoms with Crippen molar-refractivity contribution in [1.82, 2.24) is 10.2 Å². The van der Waals surface area contributed by atoms with Crippen molar-refractivity contribution < 1.29 is 8.42 Å². The summed E-state index contributed by atoms with van der Waals surface area (Å²) in [6.07, 6.45) is 4.22. The van der Waals surface area contributed by atoms with Gasteiger partial charge in [-0.05, 0) is 58.5 Å². The van der Waals surface area contributed by atoms with E-state index in [9.17, 15) is 8.42 Å². The lowest BCUT2D eigenvalue weighted by Crippen LogP contribution is -2.48. The van der Waals surface area contributed by atoms with Gasteiger partial charge in [0.1, 0.15) is 9.84 Å². The normalized spacial score (nSPS) is 28.9. The summed E-state index contributed by atoms with van der Waals surface area (Å²) in [6, 6.07) is 0.971. The number of rotatable bonds is 4. The van der Waals surface area contributed by atoms with Gasteiger partial charge in [0.25, 0.3) is 0 Å². The van der Waals surface area contributed by atoms with E-state index in [1.807, 2.05) is 0 Å². The van der Waals surface area contributed by atoms with Crippen molar-refractivity contribution in [2.75, 3.05) is 31.1 Å². The van der Waals surface area contributed by atoms with Crippen molar-refractivity contribution in [3.05, 3.63) is 0 Å². The average Bonchev–Trinajstić information content (AvgIpc) is 2.37. The van der Waals surface area contributed by atoms with Crippen molar-refractivity contribution in [1.29, 1.82) is 0 Å². The highest BCUT2D eigenvalue weighted by atomic mass is 32.2. The minimum atomic E-state index is -2.75. The number of hydrogen-bond acceptors (Lipinski definition) is 4. The van der Waals surface area contributed by atoms with E-state index in [2.05, 4.69) is 24.1 Å². The van der Waals surface area contributed by atoms with Gasteiger partial charge >= 0.3 is 0 Å². The summed E-state index contributed by atoms with van der Waals surface area (Å²) >= 11 is 0. The molecular weight excluding hydrogens is 260 g/mol. The molecule has 19 heavy (non-hydrogen) atoms. The molecular formula is C14H28N2O2S. The van der Waals surface area contributed by atoms with Gasteiger partial charge in [0, 0.05) is 18.6 Å². The fourth-order valence-electron chi connectivity index (χ4n) is 3.37. The van der Waals surface area contributed by atoms with Crippen LogP contribution in [-0.4, -0.2) is 56.5 Å². The van der Waals surface area contributed by atoms with Gasteiger partial charge in [0.05, 0.1) is 11.5 Å². The lowest BCUT2D eigenvalue weighted by molar-refractivity contribution is 0.110. The molecule has 0 radical (unpaired) electrons. The molecule has 0 aromatic carbocycles. The van der Waals surface area contributed by atoms with Gasteiger partial charge in [-0.2, -0.15) is 0 Å². The van der Waals surface area contributed by atoms with E-state index in [-0.39, 0.29) is 0 Å². The van der Waals surface area contributed by atoms with Crippen LogP contribution in [0.3, 0.4) is 0 Å². The molecule has 2 fully saturated rings. The Kier molecular flexibility index (Phi) is 5.26. The second-order valence-electron chi connectivity index (χ2n) is 6.39. The highest BCUT2D eigenvalue weighted by Gasteiger charge is 2.30. The van der Waals surface area contributed by atoms with Crippen LogP contribution in [0.2, 0.25) is 0 Å². The van der Waals surface area contributed by atoms with Gasteiger partial charge in [-0.3, -0.25) is 4.90 Å². The molecule has 2 saturated heterocycles. The van der Waals surface area contributed by atoms with Crippen LogP contribution in [0.4, 0.5) is 0 Å². The van der Waals surface area contributed by atoms with Crippen molar-refractivity contribution in [3.63, 3.8) is 0 Å². The highest BCUT2D eigenvalue weighted by Crippen LogP contribution is 2.23. The Hall–Kier alpha value is -0.130. The number of nitrogens with zero attached hydrogens (tertiary/aromatic N) is 1. The van der Waals surface area contributed by atoms with Crippen LogP contribution < -0.4 is 5.32 Å². The summed E-state index contributed by atoms with van der Waals surface area (Å²) in [7, 11) is -2.75. The predicted octanol–water partition coefficient (Wildman–Crippen LogP) is 1.27. The zero-order chi connectivity index (χ0) is 13.9. The Balaban J connectivity index is 1.92. The first-order valence-electron chi connectivity index (χ1n) is 7.65. The third-order valence-corrected chi connectivity index (χ3v) is 6.24. The second kappa shape index (κ2) is 6.55. The minimum absolute atomic E-state index is 0.379. The number of piperidine rings is 1. The molecule has 0 aromatic rings. The van der Waals surface area contributed by atoms with E-state index in [1.54, 1.807) is 0 Å². The van der Waals surface area contributed by atoms with Crippen LogP contribution >= 0.6 is 0 Å². The van der Waals surface area contributed by atoms with E-state index < -0.39 is 9.84 Å².